The van der Waals surface area contributed by atoms with Gasteiger partial charge in [-0.25, -0.2) is 9.78 Å². The number of benzene rings is 2. The van der Waals surface area contributed by atoms with Crippen LogP contribution in [-0.4, -0.2) is 41.3 Å². The Kier molecular flexibility index (Phi) is 6.99. The van der Waals surface area contributed by atoms with Gasteiger partial charge in [-0.15, -0.1) is 0 Å². The second kappa shape index (κ2) is 10.4. The maximum Gasteiger partial charge on any atom is 0.326 e. The molecule has 4 aromatic rings. The largest absolute Gasteiger partial charge is 0.497 e. The predicted molar refractivity (Wildman–Crippen MR) is 153 cm³/mol. The molecule has 0 amide bonds. The van der Waals surface area contributed by atoms with E-state index >= 15 is 0 Å². The third-order valence-electron chi connectivity index (χ3n) is 7.54. The average Bonchev–Trinajstić information content (AvgIpc) is 3.25. The lowest BCUT2D eigenvalue weighted by Crippen LogP contribution is -2.48. The van der Waals surface area contributed by atoms with E-state index in [9.17, 15) is 19.5 Å². The number of ether oxygens (including phenoxy) is 1. The Morgan fingerprint density at radius 2 is 1.77 bits per heavy atom. The Hall–Kier alpha value is -4.40. The number of hydrogen-bond donors (Lipinski definition) is 3. The number of rotatable bonds is 9. The molecule has 1 aromatic heterocycles. The zero-order valence-electron chi connectivity index (χ0n) is 22.4. The summed E-state index contributed by atoms with van der Waals surface area (Å²) in [6, 6.07) is 14.4. The first-order valence-corrected chi connectivity index (χ1v) is 13.1. The topological polar surface area (TPSA) is 121 Å². The minimum absolute atomic E-state index is 0.110. The molecule has 5 rings (SSSR count). The standard InChI is InChI=1S/C30H32N4O5/c1-16-13-20-9-12-22(39-4)15-23(20)29(31-16)32-21-10-7-19(8-11-21)14-24(30(37)38)33-25-26(28(36)27(25)35)34-17(2)5-6-18(34)3/h7-13,15,17-18,24,33H,5-6,14H2,1-4H3,(H,31,32)(H,37,38). The third kappa shape index (κ3) is 5.04. The monoisotopic (exact) mass is 528 g/mol. The second-order valence-electron chi connectivity index (χ2n) is 10.3. The summed E-state index contributed by atoms with van der Waals surface area (Å²) in [6.45, 7) is 5.96. The number of carboxylic acids is 1. The molecule has 3 atom stereocenters. The van der Waals surface area contributed by atoms with E-state index in [1.807, 2.05) is 74.2 Å². The van der Waals surface area contributed by atoms with Crippen LogP contribution in [0.1, 0.15) is 37.9 Å². The van der Waals surface area contributed by atoms with E-state index in [-0.39, 0.29) is 24.2 Å². The van der Waals surface area contributed by atoms with Gasteiger partial charge in [0.15, 0.2) is 0 Å². The minimum Gasteiger partial charge on any atom is -0.497 e. The van der Waals surface area contributed by atoms with Crippen LogP contribution in [0, 0.1) is 6.92 Å². The van der Waals surface area contributed by atoms with Gasteiger partial charge in [-0.3, -0.25) is 9.59 Å². The molecule has 0 saturated carbocycles. The lowest BCUT2D eigenvalue weighted by atomic mass is 10.0. The van der Waals surface area contributed by atoms with Gasteiger partial charge in [0, 0.05) is 35.3 Å². The molecule has 9 nitrogen and oxygen atoms in total. The SMILES string of the molecule is COc1ccc2cc(C)nc(Nc3ccc(CC(Nc4c(N5C(C)CCC5C)c(=O)c4=O)C(=O)O)cc3)c2c1. The van der Waals surface area contributed by atoms with E-state index in [2.05, 4.69) is 15.6 Å². The van der Waals surface area contributed by atoms with Crippen molar-refractivity contribution in [3.8, 4) is 5.75 Å². The highest BCUT2D eigenvalue weighted by Gasteiger charge is 2.36. The Labute approximate surface area is 226 Å². The number of carbonyl (C=O) groups is 1. The number of aryl methyl sites for hydroxylation is 1. The molecule has 0 aliphatic carbocycles. The van der Waals surface area contributed by atoms with Crippen molar-refractivity contribution in [1.29, 1.82) is 0 Å². The smallest absolute Gasteiger partial charge is 0.326 e. The molecule has 2 heterocycles. The van der Waals surface area contributed by atoms with Gasteiger partial charge in [0.05, 0.1) is 7.11 Å². The number of carboxylic acid groups (broad SMARTS) is 1. The van der Waals surface area contributed by atoms with Crippen LogP contribution in [-0.2, 0) is 11.2 Å². The molecule has 0 bridgehead atoms. The fourth-order valence-corrected chi connectivity index (χ4v) is 5.45. The molecule has 39 heavy (non-hydrogen) atoms. The summed E-state index contributed by atoms with van der Waals surface area (Å²) in [5, 5.41) is 18.1. The number of nitrogens with one attached hydrogen (secondary N) is 2. The summed E-state index contributed by atoms with van der Waals surface area (Å²) >= 11 is 0. The van der Waals surface area contributed by atoms with Gasteiger partial charge >= 0.3 is 5.97 Å². The Bertz CT molecular complexity index is 1600. The molecule has 1 aliphatic heterocycles. The van der Waals surface area contributed by atoms with E-state index < -0.39 is 22.9 Å². The fourth-order valence-electron chi connectivity index (χ4n) is 5.45. The van der Waals surface area contributed by atoms with Crippen LogP contribution in [0.4, 0.5) is 22.9 Å². The van der Waals surface area contributed by atoms with Gasteiger partial charge in [0.1, 0.15) is 29.0 Å². The number of nitrogens with zero attached hydrogens (tertiary/aromatic N) is 2. The van der Waals surface area contributed by atoms with Crippen LogP contribution >= 0.6 is 0 Å². The van der Waals surface area contributed by atoms with Crippen molar-refractivity contribution in [1.82, 2.24) is 4.98 Å². The van der Waals surface area contributed by atoms with Crippen molar-refractivity contribution in [2.24, 2.45) is 0 Å². The molecule has 202 valence electrons. The van der Waals surface area contributed by atoms with Gasteiger partial charge in [-0.2, -0.15) is 0 Å². The van der Waals surface area contributed by atoms with E-state index in [0.717, 1.165) is 46.3 Å². The van der Waals surface area contributed by atoms with Gasteiger partial charge in [0.2, 0.25) is 0 Å². The van der Waals surface area contributed by atoms with E-state index in [1.165, 1.54) is 0 Å². The first kappa shape index (κ1) is 26.2. The van der Waals surface area contributed by atoms with E-state index in [4.69, 9.17) is 4.74 Å². The summed E-state index contributed by atoms with van der Waals surface area (Å²) in [7, 11) is 1.62. The van der Waals surface area contributed by atoms with Crippen molar-refractivity contribution in [2.45, 2.75) is 58.2 Å². The minimum atomic E-state index is -1.09. The van der Waals surface area contributed by atoms with Crippen LogP contribution in [0.3, 0.4) is 0 Å². The fraction of sp³-hybridized carbons (Fsp3) is 0.333. The van der Waals surface area contributed by atoms with Gasteiger partial charge in [-0.05, 0) is 74.9 Å². The molecule has 1 saturated heterocycles. The highest BCUT2D eigenvalue weighted by atomic mass is 16.5. The van der Waals surface area contributed by atoms with Gasteiger partial charge in [-0.1, -0.05) is 18.2 Å². The normalized spacial score (nSPS) is 17.9. The van der Waals surface area contributed by atoms with Crippen molar-refractivity contribution >= 4 is 39.6 Å². The molecule has 1 fully saturated rings. The summed E-state index contributed by atoms with van der Waals surface area (Å²) in [6.07, 6.45) is 1.98. The summed E-state index contributed by atoms with van der Waals surface area (Å²) in [5.41, 5.74) is 1.66. The van der Waals surface area contributed by atoms with E-state index in [0.29, 0.717) is 11.5 Å². The maximum absolute atomic E-state index is 12.4. The maximum atomic E-state index is 12.4. The Balaban J connectivity index is 1.34. The Morgan fingerprint density at radius 3 is 2.41 bits per heavy atom. The molecule has 3 N–H and O–H groups in total. The van der Waals surface area contributed by atoms with Crippen LogP contribution in [0.15, 0.2) is 58.1 Å². The van der Waals surface area contributed by atoms with Crippen LogP contribution in [0.2, 0.25) is 0 Å². The van der Waals surface area contributed by atoms with E-state index in [1.54, 1.807) is 7.11 Å². The molecule has 1 aliphatic rings. The number of fused-ring (bicyclic) bond motifs is 1. The molecule has 3 unspecified atom stereocenters. The Morgan fingerprint density at radius 1 is 1.08 bits per heavy atom. The first-order valence-electron chi connectivity index (χ1n) is 13.1. The van der Waals surface area contributed by atoms with Crippen molar-refractivity contribution in [3.63, 3.8) is 0 Å². The number of methoxy groups -OCH3 is 1. The zero-order chi connectivity index (χ0) is 27.8. The summed E-state index contributed by atoms with van der Waals surface area (Å²) < 4.78 is 5.37. The summed E-state index contributed by atoms with van der Waals surface area (Å²) in [5.74, 6) is 0.333. The summed E-state index contributed by atoms with van der Waals surface area (Å²) in [4.78, 5) is 43.6. The number of aromatic nitrogens is 1. The molecule has 0 radical (unpaired) electrons. The molecular formula is C30H32N4O5. The van der Waals surface area contributed by atoms with Crippen LogP contribution in [0.25, 0.3) is 10.8 Å². The van der Waals surface area contributed by atoms with Crippen molar-refractivity contribution in [3.05, 3.63) is 80.2 Å². The number of hydrogen-bond acceptors (Lipinski definition) is 8. The number of aliphatic carboxylic acids is 1. The zero-order valence-corrected chi connectivity index (χ0v) is 22.4. The number of anilines is 4. The molecular weight excluding hydrogens is 496 g/mol. The average molecular weight is 529 g/mol. The van der Waals surface area contributed by atoms with Crippen LogP contribution < -0.4 is 31.1 Å². The number of pyridine rings is 1. The molecule has 3 aromatic carbocycles. The van der Waals surface area contributed by atoms with Gasteiger partial charge < -0.3 is 25.4 Å². The quantitative estimate of drug-likeness (QED) is 0.272. The second-order valence-corrected chi connectivity index (χ2v) is 10.3. The van der Waals surface area contributed by atoms with Gasteiger partial charge in [0.25, 0.3) is 10.9 Å². The third-order valence-corrected chi connectivity index (χ3v) is 7.54. The molecule has 0 spiro atoms. The first-order chi connectivity index (χ1) is 18.7. The molecule has 9 heteroatoms. The van der Waals surface area contributed by atoms with Crippen LogP contribution in [0.5, 0.6) is 5.75 Å². The highest BCUT2D eigenvalue weighted by Crippen LogP contribution is 2.33. The predicted octanol–water partition coefficient (Wildman–Crippen LogP) is 4.38. The lowest BCUT2D eigenvalue weighted by Gasteiger charge is -2.32. The lowest BCUT2D eigenvalue weighted by molar-refractivity contribution is -0.137. The van der Waals surface area contributed by atoms with Crippen molar-refractivity contribution < 1.29 is 14.6 Å². The highest BCUT2D eigenvalue weighted by molar-refractivity contribution is 5.94. The van der Waals surface area contributed by atoms with Crippen molar-refractivity contribution in [2.75, 3.05) is 22.6 Å².